The van der Waals surface area contributed by atoms with Crippen LogP contribution in [0.25, 0.3) is 0 Å². The fourth-order valence-electron chi connectivity index (χ4n) is 3.31. The fraction of sp³-hybridized carbons (Fsp3) is 0.800. The maximum absolute atomic E-state index is 12.1. The Hall–Kier alpha value is -0.630. The summed E-state index contributed by atoms with van der Waals surface area (Å²) >= 11 is 0. The second-order valence-electron chi connectivity index (χ2n) is 5.90. The number of hydrogen-bond acceptors (Lipinski definition) is 2. The molecule has 0 aromatic carbocycles. The van der Waals surface area contributed by atoms with Crippen molar-refractivity contribution in [2.75, 3.05) is 13.1 Å². The SMILES string of the molecule is C=C(C)C1CC(=O)C(C)C(N2CCCCC2)C1. The van der Waals surface area contributed by atoms with E-state index in [1.807, 2.05) is 0 Å². The van der Waals surface area contributed by atoms with Crippen molar-refractivity contribution < 1.29 is 4.79 Å². The van der Waals surface area contributed by atoms with Crippen LogP contribution in [-0.4, -0.2) is 29.8 Å². The molecule has 0 aromatic rings. The maximum Gasteiger partial charge on any atom is 0.137 e. The van der Waals surface area contributed by atoms with E-state index in [1.54, 1.807) is 0 Å². The van der Waals surface area contributed by atoms with E-state index in [0.29, 0.717) is 17.7 Å². The lowest BCUT2D eigenvalue weighted by atomic mass is 9.75. The highest BCUT2D eigenvalue weighted by atomic mass is 16.1. The van der Waals surface area contributed by atoms with Crippen molar-refractivity contribution in [2.24, 2.45) is 11.8 Å². The molecule has 1 heterocycles. The van der Waals surface area contributed by atoms with Crippen molar-refractivity contribution in [3.8, 4) is 0 Å². The maximum atomic E-state index is 12.1. The average molecular weight is 235 g/mol. The van der Waals surface area contributed by atoms with E-state index in [1.165, 1.54) is 37.9 Å². The number of hydrogen-bond donors (Lipinski definition) is 0. The van der Waals surface area contributed by atoms with Crippen molar-refractivity contribution in [3.63, 3.8) is 0 Å². The predicted octanol–water partition coefficient (Wildman–Crippen LogP) is 3.03. The van der Waals surface area contributed by atoms with Gasteiger partial charge in [-0.3, -0.25) is 9.69 Å². The van der Waals surface area contributed by atoms with E-state index in [4.69, 9.17) is 0 Å². The molecule has 0 aromatic heterocycles. The first-order valence-corrected chi connectivity index (χ1v) is 7.01. The van der Waals surface area contributed by atoms with Crippen molar-refractivity contribution >= 4 is 5.78 Å². The van der Waals surface area contributed by atoms with E-state index >= 15 is 0 Å². The van der Waals surface area contributed by atoms with Gasteiger partial charge in [-0.25, -0.2) is 0 Å². The summed E-state index contributed by atoms with van der Waals surface area (Å²) in [5, 5.41) is 0. The second kappa shape index (κ2) is 5.34. The Balaban J connectivity index is 2.07. The minimum absolute atomic E-state index is 0.226. The zero-order valence-electron chi connectivity index (χ0n) is 11.2. The summed E-state index contributed by atoms with van der Waals surface area (Å²) in [6.07, 6.45) is 5.82. The minimum Gasteiger partial charge on any atom is -0.300 e. The molecule has 2 nitrogen and oxygen atoms in total. The molecule has 2 aliphatic rings. The summed E-state index contributed by atoms with van der Waals surface area (Å²) in [5.41, 5.74) is 1.19. The van der Waals surface area contributed by atoms with Crippen LogP contribution in [0.5, 0.6) is 0 Å². The van der Waals surface area contributed by atoms with E-state index in [9.17, 15) is 4.79 Å². The van der Waals surface area contributed by atoms with E-state index in [2.05, 4.69) is 25.3 Å². The molecule has 1 aliphatic carbocycles. The van der Waals surface area contributed by atoms with E-state index in [-0.39, 0.29) is 5.92 Å². The number of allylic oxidation sites excluding steroid dienone is 1. The Morgan fingerprint density at radius 1 is 1.29 bits per heavy atom. The third-order valence-corrected chi connectivity index (χ3v) is 4.62. The Kier molecular flexibility index (Phi) is 4.03. The summed E-state index contributed by atoms with van der Waals surface area (Å²) in [6, 6.07) is 0.471. The number of rotatable bonds is 2. The van der Waals surface area contributed by atoms with Gasteiger partial charge in [0.25, 0.3) is 0 Å². The van der Waals surface area contributed by atoms with Gasteiger partial charge in [-0.1, -0.05) is 25.5 Å². The van der Waals surface area contributed by atoms with Gasteiger partial charge in [0.1, 0.15) is 5.78 Å². The number of Topliss-reactive ketones (excluding diaryl/α,β-unsaturated/α-hetero) is 1. The summed E-state index contributed by atoms with van der Waals surface area (Å²) in [5.74, 6) is 1.09. The molecule has 1 saturated heterocycles. The van der Waals surface area contributed by atoms with Crippen LogP contribution in [0.3, 0.4) is 0 Å². The van der Waals surface area contributed by atoms with Crippen molar-refractivity contribution in [1.29, 1.82) is 0 Å². The largest absolute Gasteiger partial charge is 0.300 e. The first-order valence-electron chi connectivity index (χ1n) is 7.01. The van der Waals surface area contributed by atoms with Crippen LogP contribution in [0.2, 0.25) is 0 Å². The smallest absolute Gasteiger partial charge is 0.137 e. The molecule has 1 saturated carbocycles. The van der Waals surface area contributed by atoms with Crippen LogP contribution in [0.4, 0.5) is 0 Å². The fourth-order valence-corrected chi connectivity index (χ4v) is 3.31. The molecule has 0 spiro atoms. The molecule has 3 unspecified atom stereocenters. The van der Waals surface area contributed by atoms with Crippen LogP contribution in [0.1, 0.15) is 46.0 Å². The molecule has 17 heavy (non-hydrogen) atoms. The molecule has 2 fully saturated rings. The molecule has 2 rings (SSSR count). The highest BCUT2D eigenvalue weighted by molar-refractivity contribution is 5.82. The summed E-state index contributed by atoms with van der Waals surface area (Å²) < 4.78 is 0. The molecule has 0 amide bonds. The lowest BCUT2D eigenvalue weighted by molar-refractivity contribution is -0.128. The van der Waals surface area contributed by atoms with Gasteiger partial charge in [0, 0.05) is 18.4 Å². The van der Waals surface area contributed by atoms with Crippen LogP contribution in [-0.2, 0) is 4.79 Å². The Bertz CT molecular complexity index is 304. The lowest BCUT2D eigenvalue weighted by Crippen LogP contribution is -2.49. The van der Waals surface area contributed by atoms with Crippen molar-refractivity contribution in [1.82, 2.24) is 4.90 Å². The molecule has 0 radical (unpaired) electrons. The normalized spacial score (nSPS) is 35.9. The first-order chi connectivity index (χ1) is 8.09. The van der Waals surface area contributed by atoms with Gasteiger partial charge < -0.3 is 0 Å². The topological polar surface area (TPSA) is 20.3 Å². The molecular weight excluding hydrogens is 210 g/mol. The number of carbonyl (C=O) groups excluding carboxylic acids is 1. The van der Waals surface area contributed by atoms with Gasteiger partial charge in [0.15, 0.2) is 0 Å². The molecule has 1 aliphatic heterocycles. The Morgan fingerprint density at radius 2 is 1.94 bits per heavy atom. The monoisotopic (exact) mass is 235 g/mol. The zero-order chi connectivity index (χ0) is 12.4. The standard InChI is InChI=1S/C15H25NO/c1-11(2)13-9-14(12(3)15(17)10-13)16-7-5-4-6-8-16/h12-14H,1,4-10H2,2-3H3. The Labute approximate surface area is 105 Å². The summed E-state index contributed by atoms with van der Waals surface area (Å²) in [7, 11) is 0. The lowest BCUT2D eigenvalue weighted by Gasteiger charge is -2.42. The molecule has 3 atom stereocenters. The molecule has 2 heteroatoms. The van der Waals surface area contributed by atoms with Gasteiger partial charge in [-0.15, -0.1) is 0 Å². The van der Waals surface area contributed by atoms with Gasteiger partial charge in [0.2, 0.25) is 0 Å². The predicted molar refractivity (Wildman–Crippen MR) is 70.9 cm³/mol. The molecule has 0 N–H and O–H groups in total. The molecular formula is C15H25NO. The number of likely N-dealkylation sites (tertiary alicyclic amines) is 1. The second-order valence-corrected chi connectivity index (χ2v) is 5.90. The summed E-state index contributed by atoms with van der Waals surface area (Å²) in [6.45, 7) is 10.6. The highest BCUT2D eigenvalue weighted by Crippen LogP contribution is 2.34. The number of nitrogens with zero attached hydrogens (tertiary/aromatic N) is 1. The summed E-state index contributed by atoms with van der Waals surface area (Å²) in [4.78, 5) is 14.7. The van der Waals surface area contributed by atoms with E-state index < -0.39 is 0 Å². The average Bonchev–Trinajstić information content (AvgIpc) is 2.33. The molecule has 96 valence electrons. The Morgan fingerprint density at radius 3 is 2.53 bits per heavy atom. The van der Waals surface area contributed by atoms with Gasteiger partial charge in [-0.2, -0.15) is 0 Å². The van der Waals surface area contributed by atoms with Crippen molar-refractivity contribution in [3.05, 3.63) is 12.2 Å². The van der Waals surface area contributed by atoms with Gasteiger partial charge in [-0.05, 0) is 45.2 Å². The quantitative estimate of drug-likeness (QED) is 0.686. The number of piperidine rings is 1. The third-order valence-electron chi connectivity index (χ3n) is 4.62. The number of carbonyl (C=O) groups is 1. The van der Waals surface area contributed by atoms with Crippen LogP contribution in [0, 0.1) is 11.8 Å². The minimum atomic E-state index is 0.226. The van der Waals surface area contributed by atoms with Crippen LogP contribution < -0.4 is 0 Å². The third kappa shape index (κ3) is 2.79. The first kappa shape index (κ1) is 12.8. The van der Waals surface area contributed by atoms with E-state index in [0.717, 1.165) is 12.8 Å². The van der Waals surface area contributed by atoms with Crippen molar-refractivity contribution in [2.45, 2.75) is 52.0 Å². The highest BCUT2D eigenvalue weighted by Gasteiger charge is 2.37. The van der Waals surface area contributed by atoms with Gasteiger partial charge in [0.05, 0.1) is 0 Å². The molecule has 0 bridgehead atoms. The van der Waals surface area contributed by atoms with Gasteiger partial charge >= 0.3 is 0 Å². The van der Waals surface area contributed by atoms with Crippen LogP contribution in [0.15, 0.2) is 12.2 Å². The zero-order valence-corrected chi connectivity index (χ0v) is 11.2. The number of ketones is 1. The van der Waals surface area contributed by atoms with Crippen LogP contribution >= 0.6 is 0 Å².